The van der Waals surface area contributed by atoms with E-state index in [1.807, 2.05) is 11.6 Å². The number of aromatic nitrogens is 2. The molecule has 0 bridgehead atoms. The Morgan fingerprint density at radius 1 is 1.47 bits per heavy atom. The quantitative estimate of drug-likeness (QED) is 0.907. The van der Waals surface area contributed by atoms with Gasteiger partial charge in [-0.25, -0.2) is 4.98 Å². The molecule has 0 aliphatic heterocycles. The third kappa shape index (κ3) is 2.78. The van der Waals surface area contributed by atoms with Crippen molar-refractivity contribution in [1.82, 2.24) is 9.55 Å². The predicted molar refractivity (Wildman–Crippen MR) is 64.9 cm³/mol. The molecular formula is C12H13ClN2O2. The number of rotatable bonds is 4. The summed E-state index contributed by atoms with van der Waals surface area (Å²) in [5.41, 5.74) is 1.64. The van der Waals surface area contributed by atoms with Gasteiger partial charge in [-0.15, -0.1) is 0 Å². The van der Waals surface area contributed by atoms with Crippen LogP contribution in [-0.2, 0) is 20.3 Å². The Hall–Kier alpha value is -1.52. The molecule has 0 spiro atoms. The van der Waals surface area contributed by atoms with Crippen LogP contribution in [0.3, 0.4) is 0 Å². The number of hydrogen-bond acceptors (Lipinski definition) is 3. The summed E-state index contributed by atoms with van der Waals surface area (Å²) in [4.78, 5) is 4.00. The fourth-order valence-corrected chi connectivity index (χ4v) is 1.68. The number of benzene rings is 1. The van der Waals surface area contributed by atoms with Gasteiger partial charge >= 0.3 is 0 Å². The van der Waals surface area contributed by atoms with Crippen LogP contribution in [0.15, 0.2) is 30.7 Å². The molecular weight excluding hydrogens is 240 g/mol. The van der Waals surface area contributed by atoms with Crippen LogP contribution in [0.4, 0.5) is 0 Å². The van der Waals surface area contributed by atoms with Gasteiger partial charge in [0, 0.05) is 17.6 Å². The Balaban J connectivity index is 2.11. The maximum Gasteiger partial charge on any atom is 0.130 e. The Morgan fingerprint density at radius 2 is 2.29 bits per heavy atom. The minimum Gasteiger partial charge on any atom is -0.487 e. The highest BCUT2D eigenvalue weighted by Crippen LogP contribution is 2.23. The van der Waals surface area contributed by atoms with E-state index in [-0.39, 0.29) is 6.61 Å². The first-order valence-electron chi connectivity index (χ1n) is 5.18. The average molecular weight is 253 g/mol. The fourth-order valence-electron chi connectivity index (χ4n) is 1.49. The van der Waals surface area contributed by atoms with Crippen molar-refractivity contribution in [2.24, 2.45) is 7.05 Å². The van der Waals surface area contributed by atoms with Crippen LogP contribution in [0.25, 0.3) is 0 Å². The van der Waals surface area contributed by atoms with Gasteiger partial charge in [-0.3, -0.25) is 0 Å². The molecule has 17 heavy (non-hydrogen) atoms. The van der Waals surface area contributed by atoms with Crippen molar-refractivity contribution in [2.45, 2.75) is 13.2 Å². The summed E-state index contributed by atoms with van der Waals surface area (Å²) >= 11 is 5.84. The number of nitrogens with zero attached hydrogens (tertiary/aromatic N) is 2. The van der Waals surface area contributed by atoms with E-state index >= 15 is 0 Å². The zero-order valence-electron chi connectivity index (χ0n) is 9.43. The van der Waals surface area contributed by atoms with E-state index in [4.69, 9.17) is 16.3 Å². The highest BCUT2D eigenvalue weighted by Gasteiger charge is 2.05. The van der Waals surface area contributed by atoms with E-state index in [1.54, 1.807) is 30.7 Å². The minimum absolute atomic E-state index is 0.0960. The van der Waals surface area contributed by atoms with E-state index < -0.39 is 0 Å². The summed E-state index contributed by atoms with van der Waals surface area (Å²) in [6.07, 6.45) is 3.46. The zero-order valence-corrected chi connectivity index (χ0v) is 10.2. The molecule has 1 aromatic carbocycles. The van der Waals surface area contributed by atoms with Gasteiger partial charge in [0.25, 0.3) is 0 Å². The summed E-state index contributed by atoms with van der Waals surface area (Å²) in [6, 6.07) is 5.18. The van der Waals surface area contributed by atoms with Crippen molar-refractivity contribution < 1.29 is 9.84 Å². The van der Waals surface area contributed by atoms with Gasteiger partial charge in [0.05, 0.1) is 24.8 Å². The highest BCUT2D eigenvalue weighted by molar-refractivity contribution is 6.30. The lowest BCUT2D eigenvalue weighted by atomic mass is 10.2. The maximum atomic E-state index is 9.20. The van der Waals surface area contributed by atoms with Crippen molar-refractivity contribution >= 4 is 11.6 Å². The number of hydrogen-bond donors (Lipinski definition) is 1. The molecule has 1 N–H and O–H groups in total. The second-order valence-corrected chi connectivity index (χ2v) is 4.13. The van der Waals surface area contributed by atoms with E-state index in [9.17, 15) is 5.11 Å². The molecule has 0 amide bonds. The summed E-state index contributed by atoms with van der Waals surface area (Å²) in [5, 5.41) is 9.78. The van der Waals surface area contributed by atoms with Crippen LogP contribution >= 0.6 is 11.6 Å². The van der Waals surface area contributed by atoms with Crippen LogP contribution < -0.4 is 4.74 Å². The molecule has 0 saturated carbocycles. The zero-order chi connectivity index (χ0) is 12.3. The van der Waals surface area contributed by atoms with Gasteiger partial charge in [-0.2, -0.15) is 0 Å². The molecule has 0 saturated heterocycles. The van der Waals surface area contributed by atoms with Gasteiger partial charge in [0.1, 0.15) is 12.4 Å². The second-order valence-electron chi connectivity index (χ2n) is 3.69. The van der Waals surface area contributed by atoms with Crippen LogP contribution in [0.5, 0.6) is 5.75 Å². The lowest BCUT2D eigenvalue weighted by Crippen LogP contribution is -2.02. The molecule has 2 rings (SSSR count). The Bertz CT molecular complexity index is 511. The first-order valence-corrected chi connectivity index (χ1v) is 5.56. The smallest absolute Gasteiger partial charge is 0.130 e. The summed E-state index contributed by atoms with van der Waals surface area (Å²) in [5.74, 6) is 0.637. The first-order chi connectivity index (χ1) is 8.20. The summed E-state index contributed by atoms with van der Waals surface area (Å²) < 4.78 is 7.51. The van der Waals surface area contributed by atoms with E-state index in [0.29, 0.717) is 22.9 Å². The molecule has 0 radical (unpaired) electrons. The average Bonchev–Trinajstić information content (AvgIpc) is 2.73. The van der Waals surface area contributed by atoms with Gasteiger partial charge in [0.15, 0.2) is 0 Å². The van der Waals surface area contributed by atoms with Crippen molar-refractivity contribution in [3.63, 3.8) is 0 Å². The van der Waals surface area contributed by atoms with Gasteiger partial charge in [-0.1, -0.05) is 11.6 Å². The number of ether oxygens (including phenoxy) is 1. The van der Waals surface area contributed by atoms with Crippen LogP contribution in [0.2, 0.25) is 5.02 Å². The normalized spacial score (nSPS) is 10.5. The molecule has 5 heteroatoms. The SMILES string of the molecule is Cn1cncc1COc1ccc(Cl)cc1CO. The Kier molecular flexibility index (Phi) is 3.66. The van der Waals surface area contributed by atoms with E-state index in [1.165, 1.54) is 0 Å². The van der Waals surface area contributed by atoms with E-state index in [0.717, 1.165) is 5.69 Å². The van der Waals surface area contributed by atoms with Crippen LogP contribution in [-0.4, -0.2) is 14.7 Å². The van der Waals surface area contributed by atoms with Gasteiger partial charge in [-0.05, 0) is 18.2 Å². The molecule has 0 aliphatic carbocycles. The summed E-state index contributed by atoms with van der Waals surface area (Å²) in [7, 11) is 1.90. The fraction of sp³-hybridized carbons (Fsp3) is 0.250. The molecule has 1 heterocycles. The van der Waals surface area contributed by atoms with Gasteiger partial charge in [0.2, 0.25) is 0 Å². The van der Waals surface area contributed by atoms with Crippen molar-refractivity contribution in [3.05, 3.63) is 47.0 Å². The largest absolute Gasteiger partial charge is 0.487 e. The van der Waals surface area contributed by atoms with Crippen LogP contribution in [0.1, 0.15) is 11.3 Å². The Morgan fingerprint density at radius 3 is 2.94 bits per heavy atom. The molecule has 2 aromatic rings. The lowest BCUT2D eigenvalue weighted by molar-refractivity contribution is 0.256. The predicted octanol–water partition coefficient (Wildman–Crippen LogP) is 2.14. The summed E-state index contributed by atoms with van der Waals surface area (Å²) in [6.45, 7) is 0.312. The topological polar surface area (TPSA) is 47.3 Å². The molecule has 0 unspecified atom stereocenters. The molecule has 0 aliphatic rings. The number of aliphatic hydroxyl groups is 1. The van der Waals surface area contributed by atoms with Crippen molar-refractivity contribution in [1.29, 1.82) is 0 Å². The number of aliphatic hydroxyl groups excluding tert-OH is 1. The lowest BCUT2D eigenvalue weighted by Gasteiger charge is -2.10. The monoisotopic (exact) mass is 252 g/mol. The van der Waals surface area contributed by atoms with Crippen molar-refractivity contribution in [3.8, 4) is 5.75 Å². The number of aryl methyl sites for hydroxylation is 1. The highest BCUT2D eigenvalue weighted by atomic mass is 35.5. The van der Waals surface area contributed by atoms with E-state index in [2.05, 4.69) is 4.98 Å². The number of imidazole rings is 1. The third-order valence-corrected chi connectivity index (χ3v) is 2.72. The third-order valence-electron chi connectivity index (χ3n) is 2.48. The van der Waals surface area contributed by atoms with Crippen molar-refractivity contribution in [2.75, 3.05) is 0 Å². The molecule has 0 atom stereocenters. The molecule has 1 aromatic heterocycles. The number of halogens is 1. The molecule has 90 valence electrons. The standard InChI is InChI=1S/C12H13ClN2O2/c1-15-8-14-5-11(15)7-17-12-3-2-10(13)4-9(12)6-16/h2-5,8,16H,6-7H2,1H3. The minimum atomic E-state index is -0.0960. The molecule has 0 fully saturated rings. The van der Waals surface area contributed by atoms with Gasteiger partial charge < -0.3 is 14.4 Å². The Labute approximate surface area is 104 Å². The second kappa shape index (κ2) is 5.21. The first kappa shape index (κ1) is 12.0. The molecule has 4 nitrogen and oxygen atoms in total. The van der Waals surface area contributed by atoms with Crippen LogP contribution in [0, 0.1) is 0 Å². The maximum absolute atomic E-state index is 9.20.